The maximum atomic E-state index is 12.6. The van der Waals surface area contributed by atoms with E-state index in [2.05, 4.69) is 24.5 Å². The van der Waals surface area contributed by atoms with Crippen LogP contribution in [0.25, 0.3) is 0 Å². The van der Waals surface area contributed by atoms with Crippen LogP contribution in [0.3, 0.4) is 0 Å². The van der Waals surface area contributed by atoms with Gasteiger partial charge in [0.2, 0.25) is 5.91 Å². The SMILES string of the molecule is Cc1ccc(NC(=O)[C@@H](C)N[C@@H](C)C23CC4CC(CC(C4)C2)C3)cc1. The molecule has 1 aromatic carbocycles. The molecule has 136 valence electrons. The second-order valence-electron chi connectivity index (χ2n) is 9.25. The van der Waals surface area contributed by atoms with Crippen molar-refractivity contribution >= 4 is 11.6 Å². The average molecular weight is 341 g/mol. The molecular weight excluding hydrogens is 308 g/mol. The van der Waals surface area contributed by atoms with E-state index in [0.29, 0.717) is 11.5 Å². The molecule has 4 aliphatic rings. The second kappa shape index (κ2) is 6.42. The molecule has 4 aliphatic carbocycles. The summed E-state index contributed by atoms with van der Waals surface area (Å²) in [4.78, 5) is 12.6. The molecule has 4 bridgehead atoms. The number of nitrogens with one attached hydrogen (secondary N) is 2. The molecule has 3 heteroatoms. The van der Waals surface area contributed by atoms with Gasteiger partial charge in [-0.2, -0.15) is 0 Å². The van der Waals surface area contributed by atoms with E-state index in [0.717, 1.165) is 23.4 Å². The van der Waals surface area contributed by atoms with Gasteiger partial charge in [0.15, 0.2) is 0 Å². The van der Waals surface area contributed by atoms with Crippen LogP contribution in [0.2, 0.25) is 0 Å². The molecule has 2 N–H and O–H groups in total. The zero-order valence-corrected chi connectivity index (χ0v) is 15.8. The summed E-state index contributed by atoms with van der Waals surface area (Å²) in [5, 5.41) is 6.70. The van der Waals surface area contributed by atoms with Crippen molar-refractivity contribution in [2.24, 2.45) is 23.2 Å². The summed E-state index contributed by atoms with van der Waals surface area (Å²) in [6.07, 6.45) is 8.53. The Balaban J connectivity index is 1.37. The Hall–Kier alpha value is -1.35. The number of carbonyl (C=O) groups is 1. The van der Waals surface area contributed by atoms with Crippen LogP contribution < -0.4 is 10.6 Å². The highest BCUT2D eigenvalue weighted by Gasteiger charge is 2.53. The summed E-state index contributed by atoms with van der Waals surface area (Å²) in [6.45, 7) is 6.38. The topological polar surface area (TPSA) is 41.1 Å². The summed E-state index contributed by atoms with van der Waals surface area (Å²) < 4.78 is 0. The quantitative estimate of drug-likeness (QED) is 0.827. The van der Waals surface area contributed by atoms with Crippen LogP contribution in [0.1, 0.15) is 57.9 Å². The molecule has 3 nitrogen and oxygen atoms in total. The van der Waals surface area contributed by atoms with E-state index in [1.807, 2.05) is 31.2 Å². The Morgan fingerprint density at radius 2 is 1.52 bits per heavy atom. The number of aryl methyl sites for hydroxylation is 1. The first-order chi connectivity index (χ1) is 11.9. The molecule has 4 saturated carbocycles. The molecule has 0 aliphatic heterocycles. The fourth-order valence-corrected chi connectivity index (χ4v) is 6.22. The normalized spacial score (nSPS) is 35.4. The first kappa shape index (κ1) is 17.1. The molecule has 1 aromatic rings. The first-order valence-corrected chi connectivity index (χ1v) is 10.1. The molecular formula is C22H32N2O. The van der Waals surface area contributed by atoms with Gasteiger partial charge < -0.3 is 10.6 Å². The third kappa shape index (κ3) is 3.36. The lowest BCUT2D eigenvalue weighted by atomic mass is 9.48. The summed E-state index contributed by atoms with van der Waals surface area (Å²) in [5.74, 6) is 2.92. The predicted molar refractivity (Wildman–Crippen MR) is 102 cm³/mol. The third-order valence-electron chi connectivity index (χ3n) is 7.22. The monoisotopic (exact) mass is 340 g/mol. The number of benzene rings is 1. The van der Waals surface area contributed by atoms with Crippen LogP contribution in [-0.2, 0) is 4.79 Å². The molecule has 0 saturated heterocycles. The molecule has 0 heterocycles. The Kier molecular flexibility index (Phi) is 4.39. The minimum Gasteiger partial charge on any atom is -0.325 e. The van der Waals surface area contributed by atoms with Crippen LogP contribution in [0, 0.1) is 30.1 Å². The van der Waals surface area contributed by atoms with Crippen molar-refractivity contribution in [2.75, 3.05) is 5.32 Å². The van der Waals surface area contributed by atoms with Crippen molar-refractivity contribution in [2.45, 2.75) is 71.4 Å². The molecule has 1 amide bonds. The van der Waals surface area contributed by atoms with Crippen LogP contribution in [-0.4, -0.2) is 18.0 Å². The largest absolute Gasteiger partial charge is 0.325 e. The summed E-state index contributed by atoms with van der Waals surface area (Å²) in [5.41, 5.74) is 2.53. The van der Waals surface area contributed by atoms with Crippen LogP contribution in [0.4, 0.5) is 5.69 Å². The fraction of sp³-hybridized carbons (Fsp3) is 0.682. The number of amides is 1. The summed E-state index contributed by atoms with van der Waals surface area (Å²) in [6, 6.07) is 8.27. The highest BCUT2D eigenvalue weighted by Crippen LogP contribution is 2.61. The predicted octanol–water partition coefficient (Wildman–Crippen LogP) is 4.52. The number of hydrogen-bond donors (Lipinski definition) is 2. The van der Waals surface area contributed by atoms with Crippen LogP contribution in [0.5, 0.6) is 0 Å². The number of hydrogen-bond acceptors (Lipinski definition) is 2. The van der Waals surface area contributed by atoms with Crippen molar-refractivity contribution < 1.29 is 4.79 Å². The van der Waals surface area contributed by atoms with Gasteiger partial charge in [0, 0.05) is 11.7 Å². The van der Waals surface area contributed by atoms with Gasteiger partial charge >= 0.3 is 0 Å². The lowest BCUT2D eigenvalue weighted by molar-refractivity contribution is -0.119. The molecule has 0 radical (unpaired) electrons. The molecule has 2 atom stereocenters. The van der Waals surface area contributed by atoms with E-state index in [9.17, 15) is 4.79 Å². The van der Waals surface area contributed by atoms with Gasteiger partial charge in [-0.3, -0.25) is 4.79 Å². The van der Waals surface area contributed by atoms with Crippen molar-refractivity contribution in [1.82, 2.24) is 5.32 Å². The van der Waals surface area contributed by atoms with E-state index in [1.165, 1.54) is 44.1 Å². The number of rotatable bonds is 5. The highest BCUT2D eigenvalue weighted by molar-refractivity contribution is 5.94. The van der Waals surface area contributed by atoms with E-state index in [1.54, 1.807) is 0 Å². The molecule has 0 aromatic heterocycles. The number of carbonyl (C=O) groups excluding carboxylic acids is 1. The van der Waals surface area contributed by atoms with Gasteiger partial charge in [0.05, 0.1) is 6.04 Å². The highest BCUT2D eigenvalue weighted by atomic mass is 16.2. The smallest absolute Gasteiger partial charge is 0.241 e. The maximum absolute atomic E-state index is 12.6. The van der Waals surface area contributed by atoms with E-state index < -0.39 is 0 Å². The van der Waals surface area contributed by atoms with Crippen molar-refractivity contribution in [1.29, 1.82) is 0 Å². The van der Waals surface area contributed by atoms with Crippen molar-refractivity contribution in [3.63, 3.8) is 0 Å². The van der Waals surface area contributed by atoms with E-state index in [-0.39, 0.29) is 11.9 Å². The molecule has 5 rings (SSSR count). The van der Waals surface area contributed by atoms with Gasteiger partial charge in [-0.25, -0.2) is 0 Å². The Morgan fingerprint density at radius 1 is 1.00 bits per heavy atom. The van der Waals surface area contributed by atoms with Gasteiger partial charge in [-0.15, -0.1) is 0 Å². The lowest BCUT2D eigenvalue weighted by Gasteiger charge is -2.59. The minimum atomic E-state index is -0.163. The Morgan fingerprint density at radius 3 is 2.04 bits per heavy atom. The fourth-order valence-electron chi connectivity index (χ4n) is 6.22. The Labute approximate surface area is 152 Å². The van der Waals surface area contributed by atoms with Crippen LogP contribution in [0.15, 0.2) is 24.3 Å². The van der Waals surface area contributed by atoms with Crippen molar-refractivity contribution in [3.8, 4) is 0 Å². The zero-order chi connectivity index (χ0) is 17.6. The van der Waals surface area contributed by atoms with Gasteiger partial charge in [-0.05, 0) is 94.6 Å². The molecule has 0 unspecified atom stereocenters. The summed E-state index contributed by atoms with van der Waals surface area (Å²) in [7, 11) is 0. The lowest BCUT2D eigenvalue weighted by Crippen LogP contribution is -2.57. The third-order valence-corrected chi connectivity index (χ3v) is 7.22. The maximum Gasteiger partial charge on any atom is 0.241 e. The first-order valence-electron chi connectivity index (χ1n) is 10.1. The van der Waals surface area contributed by atoms with Gasteiger partial charge in [0.1, 0.15) is 0 Å². The average Bonchev–Trinajstić information content (AvgIpc) is 2.55. The second-order valence-corrected chi connectivity index (χ2v) is 9.25. The zero-order valence-electron chi connectivity index (χ0n) is 15.8. The molecule has 0 spiro atoms. The molecule has 4 fully saturated rings. The van der Waals surface area contributed by atoms with E-state index >= 15 is 0 Å². The Bertz CT molecular complexity index is 601. The van der Waals surface area contributed by atoms with E-state index in [4.69, 9.17) is 0 Å². The van der Waals surface area contributed by atoms with Gasteiger partial charge in [0.25, 0.3) is 0 Å². The number of anilines is 1. The summed E-state index contributed by atoms with van der Waals surface area (Å²) >= 11 is 0. The standard InChI is InChI=1S/C22H32N2O/c1-14-4-6-20(7-5-14)24-21(25)15(2)23-16(3)22-11-17-8-18(12-22)10-19(9-17)13-22/h4-7,15-19,23H,8-13H2,1-3H3,(H,24,25)/t15-,16+,17?,18?,19?,22?/m1/s1. The van der Waals surface area contributed by atoms with Gasteiger partial charge in [-0.1, -0.05) is 17.7 Å². The van der Waals surface area contributed by atoms with Crippen molar-refractivity contribution in [3.05, 3.63) is 29.8 Å². The van der Waals surface area contributed by atoms with Crippen LogP contribution >= 0.6 is 0 Å². The molecule has 25 heavy (non-hydrogen) atoms. The minimum absolute atomic E-state index is 0.0698.